The second-order valence-corrected chi connectivity index (χ2v) is 7.73. The molecule has 5 rings (SSSR count). The molecule has 2 heterocycles. The van der Waals surface area contributed by atoms with Crippen molar-refractivity contribution in [3.63, 3.8) is 0 Å². The number of hydrogen-bond donors (Lipinski definition) is 1. The number of nitrogens with one attached hydrogen (secondary N) is 1. The number of carbonyl (C=O) groups is 2. The largest absolute Gasteiger partial charge is 0.319 e. The Kier molecular flexibility index (Phi) is 5.06. The minimum absolute atomic E-state index is 0.317. The van der Waals surface area contributed by atoms with E-state index in [1.807, 2.05) is 71.3 Å². The number of imidazole rings is 1. The van der Waals surface area contributed by atoms with E-state index < -0.39 is 11.7 Å². The van der Waals surface area contributed by atoms with Crippen LogP contribution in [0, 0.1) is 13.8 Å². The summed E-state index contributed by atoms with van der Waals surface area (Å²) in [5, 5.41) is 7.17. The van der Waals surface area contributed by atoms with Gasteiger partial charge in [0.25, 0.3) is 11.7 Å². The van der Waals surface area contributed by atoms with E-state index in [9.17, 15) is 9.59 Å². The van der Waals surface area contributed by atoms with Crippen molar-refractivity contribution in [1.29, 1.82) is 0 Å². The van der Waals surface area contributed by atoms with Crippen molar-refractivity contribution in [2.75, 3.05) is 5.32 Å². The fourth-order valence-corrected chi connectivity index (χ4v) is 3.96. The van der Waals surface area contributed by atoms with Crippen LogP contribution in [0.15, 0.2) is 85.2 Å². The molecule has 0 radical (unpaired) electrons. The molecule has 3 aromatic carbocycles. The Labute approximate surface area is 190 Å². The highest BCUT2D eigenvalue weighted by Crippen LogP contribution is 2.21. The van der Waals surface area contributed by atoms with Crippen LogP contribution < -0.4 is 5.32 Å². The summed E-state index contributed by atoms with van der Waals surface area (Å²) < 4.78 is 3.65. The zero-order valence-electron chi connectivity index (χ0n) is 18.2. The Bertz CT molecular complexity index is 1480. The SMILES string of the molecule is Cc1nn(-c2ccccc2)c(C)c1C(=O)C(=O)Nc1ccc(-n2cnc3ccccc32)cc1. The van der Waals surface area contributed by atoms with E-state index >= 15 is 0 Å². The van der Waals surface area contributed by atoms with Gasteiger partial charge in [-0.15, -0.1) is 0 Å². The molecular formula is C26H21N5O2. The van der Waals surface area contributed by atoms with Crippen LogP contribution in [0.3, 0.4) is 0 Å². The number of benzene rings is 3. The van der Waals surface area contributed by atoms with Crippen LogP contribution in [0.2, 0.25) is 0 Å². The Balaban J connectivity index is 1.36. The molecule has 0 aliphatic carbocycles. The van der Waals surface area contributed by atoms with Gasteiger partial charge in [0.1, 0.15) is 6.33 Å². The first-order valence-electron chi connectivity index (χ1n) is 10.5. The molecule has 0 atom stereocenters. The number of anilines is 1. The predicted molar refractivity (Wildman–Crippen MR) is 127 cm³/mol. The number of hydrogen-bond acceptors (Lipinski definition) is 4. The first kappa shape index (κ1) is 20.4. The topological polar surface area (TPSA) is 81.8 Å². The molecule has 2 aromatic heterocycles. The van der Waals surface area contributed by atoms with Crippen LogP contribution >= 0.6 is 0 Å². The Morgan fingerprint density at radius 3 is 2.27 bits per heavy atom. The van der Waals surface area contributed by atoms with Crippen molar-refractivity contribution in [3.8, 4) is 11.4 Å². The maximum Gasteiger partial charge on any atom is 0.296 e. The number of ketones is 1. The van der Waals surface area contributed by atoms with Crippen LogP contribution in [0.25, 0.3) is 22.4 Å². The van der Waals surface area contributed by atoms with Crippen LogP contribution in [-0.4, -0.2) is 31.0 Å². The highest BCUT2D eigenvalue weighted by molar-refractivity contribution is 6.47. The van der Waals surface area contributed by atoms with Crippen molar-refractivity contribution in [2.45, 2.75) is 13.8 Å². The van der Waals surface area contributed by atoms with Gasteiger partial charge in [-0.1, -0.05) is 30.3 Å². The Hall–Kier alpha value is -4.52. The Morgan fingerprint density at radius 1 is 0.818 bits per heavy atom. The van der Waals surface area contributed by atoms with Gasteiger partial charge in [0.15, 0.2) is 0 Å². The lowest BCUT2D eigenvalue weighted by Crippen LogP contribution is -2.24. The van der Waals surface area contributed by atoms with Crippen molar-refractivity contribution < 1.29 is 9.59 Å². The van der Waals surface area contributed by atoms with Gasteiger partial charge in [-0.25, -0.2) is 9.67 Å². The molecule has 0 bridgehead atoms. The molecule has 0 fully saturated rings. The van der Waals surface area contributed by atoms with Crippen molar-refractivity contribution >= 4 is 28.4 Å². The third-order valence-electron chi connectivity index (χ3n) is 5.58. The van der Waals surface area contributed by atoms with E-state index in [0.29, 0.717) is 22.6 Å². The quantitative estimate of drug-likeness (QED) is 0.322. The molecule has 1 amide bonds. The standard InChI is InChI=1S/C26H21N5O2/c1-17-24(18(2)31(29-17)21-8-4-3-5-9-21)25(32)26(33)28-19-12-14-20(15-13-19)30-16-27-22-10-6-7-11-23(22)30/h3-16H,1-2H3,(H,28,33). The molecule has 33 heavy (non-hydrogen) atoms. The highest BCUT2D eigenvalue weighted by atomic mass is 16.2. The number of amides is 1. The summed E-state index contributed by atoms with van der Waals surface area (Å²) in [6, 6.07) is 24.7. The molecule has 7 heteroatoms. The molecule has 0 saturated heterocycles. The number of carbonyl (C=O) groups excluding carboxylic acids is 2. The summed E-state index contributed by atoms with van der Waals surface area (Å²) >= 11 is 0. The molecule has 0 saturated carbocycles. The molecule has 1 N–H and O–H groups in total. The van der Waals surface area contributed by atoms with Gasteiger partial charge in [0, 0.05) is 11.4 Å². The van der Waals surface area contributed by atoms with Gasteiger partial charge in [-0.2, -0.15) is 5.10 Å². The first-order valence-corrected chi connectivity index (χ1v) is 10.5. The third-order valence-corrected chi connectivity index (χ3v) is 5.58. The third kappa shape index (κ3) is 3.70. The molecular weight excluding hydrogens is 414 g/mol. The van der Waals surface area contributed by atoms with Gasteiger partial charge in [-0.3, -0.25) is 14.2 Å². The van der Waals surface area contributed by atoms with E-state index in [1.165, 1.54) is 0 Å². The van der Waals surface area contributed by atoms with Gasteiger partial charge < -0.3 is 5.32 Å². The lowest BCUT2D eigenvalue weighted by molar-refractivity contribution is -0.112. The fraction of sp³-hybridized carbons (Fsp3) is 0.0769. The average molecular weight is 435 g/mol. The van der Waals surface area contributed by atoms with Crippen molar-refractivity contribution in [1.82, 2.24) is 19.3 Å². The number of nitrogens with zero attached hydrogens (tertiary/aromatic N) is 4. The lowest BCUT2D eigenvalue weighted by Gasteiger charge is -2.08. The maximum absolute atomic E-state index is 13.0. The van der Waals surface area contributed by atoms with Crippen LogP contribution in [0.5, 0.6) is 0 Å². The minimum Gasteiger partial charge on any atom is -0.319 e. The molecule has 7 nitrogen and oxygen atoms in total. The fourth-order valence-electron chi connectivity index (χ4n) is 3.96. The van der Waals surface area contributed by atoms with E-state index in [1.54, 1.807) is 37.0 Å². The zero-order chi connectivity index (χ0) is 22.9. The molecule has 0 aliphatic heterocycles. The van der Waals surface area contributed by atoms with E-state index in [-0.39, 0.29) is 0 Å². The summed E-state index contributed by atoms with van der Waals surface area (Å²) in [5.41, 5.74) is 5.63. The monoisotopic (exact) mass is 435 g/mol. The zero-order valence-corrected chi connectivity index (χ0v) is 18.2. The van der Waals surface area contributed by atoms with Crippen LogP contribution in [-0.2, 0) is 4.79 Å². The summed E-state index contributed by atoms with van der Waals surface area (Å²) in [5.74, 6) is -1.31. The molecule has 0 aliphatic rings. The maximum atomic E-state index is 13.0. The number of aromatic nitrogens is 4. The summed E-state index contributed by atoms with van der Waals surface area (Å²) in [4.78, 5) is 30.1. The van der Waals surface area contributed by atoms with Gasteiger partial charge >= 0.3 is 0 Å². The average Bonchev–Trinajstić information content (AvgIpc) is 3.40. The lowest BCUT2D eigenvalue weighted by atomic mass is 10.1. The summed E-state index contributed by atoms with van der Waals surface area (Å²) in [6.45, 7) is 3.52. The molecule has 0 unspecified atom stereocenters. The molecule has 0 spiro atoms. The van der Waals surface area contributed by atoms with E-state index in [0.717, 1.165) is 22.4 Å². The highest BCUT2D eigenvalue weighted by Gasteiger charge is 2.25. The predicted octanol–water partition coefficient (Wildman–Crippen LogP) is 4.65. The summed E-state index contributed by atoms with van der Waals surface area (Å²) in [7, 11) is 0. The normalized spacial score (nSPS) is 11.0. The summed E-state index contributed by atoms with van der Waals surface area (Å²) in [6.07, 6.45) is 1.76. The Morgan fingerprint density at radius 2 is 1.52 bits per heavy atom. The van der Waals surface area contributed by atoms with Gasteiger partial charge in [0.05, 0.1) is 33.7 Å². The van der Waals surface area contributed by atoms with Gasteiger partial charge in [0.2, 0.25) is 0 Å². The number of rotatable bonds is 5. The number of aryl methyl sites for hydroxylation is 1. The first-order chi connectivity index (χ1) is 16.0. The van der Waals surface area contributed by atoms with E-state index in [4.69, 9.17) is 0 Å². The van der Waals surface area contributed by atoms with Crippen LogP contribution in [0.1, 0.15) is 21.7 Å². The van der Waals surface area contributed by atoms with Crippen molar-refractivity contribution in [3.05, 3.63) is 102 Å². The van der Waals surface area contributed by atoms with Crippen molar-refractivity contribution in [2.24, 2.45) is 0 Å². The number of para-hydroxylation sites is 3. The number of Topliss-reactive ketones (excluding diaryl/α,β-unsaturated/α-hetero) is 1. The minimum atomic E-state index is -0.699. The smallest absolute Gasteiger partial charge is 0.296 e. The second kappa shape index (κ2) is 8.20. The van der Waals surface area contributed by atoms with E-state index in [2.05, 4.69) is 15.4 Å². The molecule has 162 valence electrons. The molecule has 5 aromatic rings. The van der Waals surface area contributed by atoms with Gasteiger partial charge in [-0.05, 0) is 62.4 Å². The number of fused-ring (bicyclic) bond motifs is 1. The second-order valence-electron chi connectivity index (χ2n) is 7.73. The van der Waals surface area contributed by atoms with Crippen LogP contribution in [0.4, 0.5) is 5.69 Å².